The number of nitrogens with zero attached hydrogens (tertiary/aromatic N) is 1. The Bertz CT molecular complexity index is 93.1. The predicted molar refractivity (Wildman–Crippen MR) is 46.5 cm³/mol. The minimum absolute atomic E-state index is 0.0802. The molecule has 0 spiro atoms. The molecule has 0 aliphatic rings. The molecule has 0 aromatic carbocycles. The van der Waals surface area contributed by atoms with Crippen molar-refractivity contribution >= 4 is 9.52 Å². The van der Waals surface area contributed by atoms with E-state index in [4.69, 9.17) is 0 Å². The second-order valence-corrected chi connectivity index (χ2v) is 4.31. The molecule has 0 atom stereocenters. The van der Waals surface area contributed by atoms with E-state index in [1.54, 1.807) is 0 Å². The van der Waals surface area contributed by atoms with Crippen LogP contribution in [0.15, 0.2) is 11.3 Å². The molecule has 0 bridgehead atoms. The molecule has 0 saturated carbocycles. The van der Waals surface area contributed by atoms with Crippen LogP contribution in [0.5, 0.6) is 0 Å². The van der Waals surface area contributed by atoms with Gasteiger partial charge in [-0.15, -0.1) is 5.70 Å². The standard InChI is InChI=1S/C7H17NSi/c1-7(2)5-9-6-8(3)4/h5H,6,9H2,1-4H3. The summed E-state index contributed by atoms with van der Waals surface area (Å²) in [7, 11) is 4.34. The van der Waals surface area contributed by atoms with E-state index >= 15 is 0 Å². The van der Waals surface area contributed by atoms with Crippen LogP contribution >= 0.6 is 0 Å². The summed E-state index contributed by atoms with van der Waals surface area (Å²) < 4.78 is 0. The lowest BCUT2D eigenvalue weighted by atomic mass is 10.4. The fourth-order valence-electron chi connectivity index (χ4n) is 0.611. The number of rotatable bonds is 3. The van der Waals surface area contributed by atoms with Crippen molar-refractivity contribution in [2.24, 2.45) is 0 Å². The molecule has 0 aromatic heterocycles. The minimum Gasteiger partial charge on any atom is -0.312 e. The lowest BCUT2D eigenvalue weighted by Gasteiger charge is -2.05. The Hall–Kier alpha value is -0.0831. The highest BCUT2D eigenvalue weighted by molar-refractivity contribution is 6.42. The van der Waals surface area contributed by atoms with Gasteiger partial charge in [0.15, 0.2) is 0 Å². The first-order chi connectivity index (χ1) is 4.13. The van der Waals surface area contributed by atoms with E-state index < -0.39 is 0 Å². The number of allylic oxidation sites excluding steroid dienone is 1. The van der Waals surface area contributed by atoms with Crippen LogP contribution in [0.3, 0.4) is 0 Å². The van der Waals surface area contributed by atoms with E-state index in [1.807, 2.05) is 0 Å². The van der Waals surface area contributed by atoms with Gasteiger partial charge >= 0.3 is 0 Å². The van der Waals surface area contributed by atoms with Gasteiger partial charge in [-0.05, 0) is 34.1 Å². The van der Waals surface area contributed by atoms with Gasteiger partial charge in [-0.2, -0.15) is 0 Å². The zero-order chi connectivity index (χ0) is 7.28. The molecule has 0 heterocycles. The monoisotopic (exact) mass is 143 g/mol. The van der Waals surface area contributed by atoms with Crippen LogP contribution in [-0.4, -0.2) is 34.7 Å². The van der Waals surface area contributed by atoms with E-state index in [-0.39, 0.29) is 9.52 Å². The van der Waals surface area contributed by atoms with Gasteiger partial charge in [0, 0.05) is 0 Å². The first kappa shape index (κ1) is 8.92. The summed E-state index contributed by atoms with van der Waals surface area (Å²) in [5.41, 5.74) is 3.88. The van der Waals surface area contributed by atoms with Gasteiger partial charge < -0.3 is 4.90 Å². The summed E-state index contributed by atoms with van der Waals surface area (Å²) >= 11 is 0. The van der Waals surface area contributed by atoms with Gasteiger partial charge in [0.25, 0.3) is 0 Å². The van der Waals surface area contributed by atoms with Crippen LogP contribution in [0, 0.1) is 0 Å². The second-order valence-electron chi connectivity index (χ2n) is 2.87. The summed E-state index contributed by atoms with van der Waals surface area (Å²) in [4.78, 5) is 2.26. The highest BCUT2D eigenvalue weighted by atomic mass is 28.2. The van der Waals surface area contributed by atoms with Crippen molar-refractivity contribution in [3.8, 4) is 0 Å². The van der Waals surface area contributed by atoms with Crippen LogP contribution in [0.1, 0.15) is 13.8 Å². The maximum Gasteiger partial charge on any atom is 0.0611 e. The molecule has 54 valence electrons. The molecule has 0 aliphatic heterocycles. The fraction of sp³-hybridized carbons (Fsp3) is 0.714. The molecule has 0 aliphatic carbocycles. The summed E-state index contributed by atoms with van der Waals surface area (Å²) in [6, 6.07) is 0. The van der Waals surface area contributed by atoms with Gasteiger partial charge in [-0.3, -0.25) is 0 Å². The molecule has 9 heavy (non-hydrogen) atoms. The first-order valence-corrected chi connectivity index (χ1v) is 5.22. The van der Waals surface area contributed by atoms with Crippen molar-refractivity contribution in [2.75, 3.05) is 20.3 Å². The van der Waals surface area contributed by atoms with E-state index in [1.165, 1.54) is 11.7 Å². The van der Waals surface area contributed by atoms with Crippen LogP contribution < -0.4 is 0 Å². The maximum absolute atomic E-state index is 2.40. The molecular weight excluding hydrogens is 126 g/mol. The van der Waals surface area contributed by atoms with Gasteiger partial charge in [-0.25, -0.2) is 0 Å². The van der Waals surface area contributed by atoms with Crippen molar-refractivity contribution in [2.45, 2.75) is 13.8 Å². The Morgan fingerprint density at radius 2 is 2.00 bits per heavy atom. The third-order valence-electron chi connectivity index (χ3n) is 1.13. The fourth-order valence-corrected chi connectivity index (χ4v) is 1.83. The smallest absolute Gasteiger partial charge is 0.0611 e. The van der Waals surface area contributed by atoms with E-state index in [0.29, 0.717) is 0 Å². The summed E-state index contributed by atoms with van der Waals surface area (Å²) in [6.45, 7) is 4.34. The second kappa shape index (κ2) is 4.76. The average molecular weight is 143 g/mol. The zero-order valence-electron chi connectivity index (χ0n) is 6.94. The Kier molecular flexibility index (Phi) is 4.72. The molecule has 0 aromatic rings. The molecule has 0 radical (unpaired) electrons. The van der Waals surface area contributed by atoms with E-state index in [2.05, 4.69) is 38.5 Å². The predicted octanol–water partition coefficient (Wildman–Crippen LogP) is 0.598. The van der Waals surface area contributed by atoms with Gasteiger partial charge in [0.1, 0.15) is 0 Å². The SMILES string of the molecule is CC(C)=C[SiH2]CN(C)C. The van der Waals surface area contributed by atoms with Gasteiger partial charge in [-0.1, -0.05) is 5.57 Å². The van der Waals surface area contributed by atoms with Crippen molar-refractivity contribution in [3.63, 3.8) is 0 Å². The minimum atomic E-state index is 0.0802. The van der Waals surface area contributed by atoms with Crippen LogP contribution in [0.4, 0.5) is 0 Å². The van der Waals surface area contributed by atoms with E-state index in [0.717, 1.165) is 0 Å². The normalized spacial score (nSPS) is 11.2. The van der Waals surface area contributed by atoms with Gasteiger partial charge in [0.05, 0.1) is 9.52 Å². The van der Waals surface area contributed by atoms with Crippen molar-refractivity contribution in [1.29, 1.82) is 0 Å². The highest BCUT2D eigenvalue weighted by Crippen LogP contribution is 1.85. The van der Waals surface area contributed by atoms with Crippen molar-refractivity contribution < 1.29 is 0 Å². The largest absolute Gasteiger partial charge is 0.312 e. The molecule has 0 unspecified atom stereocenters. The van der Waals surface area contributed by atoms with Crippen molar-refractivity contribution in [1.82, 2.24) is 4.90 Å². The summed E-state index contributed by atoms with van der Waals surface area (Å²) in [5, 5.41) is 0. The molecule has 0 saturated heterocycles. The molecule has 0 amide bonds. The molecular formula is C7H17NSi. The van der Waals surface area contributed by atoms with Crippen LogP contribution in [0.25, 0.3) is 0 Å². The summed E-state index contributed by atoms with van der Waals surface area (Å²) in [5.74, 6) is 0. The molecule has 0 fully saturated rings. The van der Waals surface area contributed by atoms with E-state index in [9.17, 15) is 0 Å². The first-order valence-electron chi connectivity index (χ1n) is 3.41. The maximum atomic E-state index is 2.40. The lowest BCUT2D eigenvalue weighted by Crippen LogP contribution is -2.17. The topological polar surface area (TPSA) is 3.24 Å². The number of hydrogen-bond acceptors (Lipinski definition) is 1. The number of hydrogen-bond donors (Lipinski definition) is 0. The molecule has 0 N–H and O–H groups in total. The molecule has 2 heteroatoms. The zero-order valence-corrected chi connectivity index (χ0v) is 8.35. The van der Waals surface area contributed by atoms with Crippen molar-refractivity contribution in [3.05, 3.63) is 11.3 Å². The van der Waals surface area contributed by atoms with Crippen LogP contribution in [0.2, 0.25) is 0 Å². The average Bonchev–Trinajstić information content (AvgIpc) is 1.63. The Morgan fingerprint density at radius 1 is 1.44 bits per heavy atom. The quantitative estimate of drug-likeness (QED) is 0.523. The van der Waals surface area contributed by atoms with Gasteiger partial charge in [0.2, 0.25) is 0 Å². The summed E-state index contributed by atoms with van der Waals surface area (Å²) in [6.07, 6.45) is 1.30. The third kappa shape index (κ3) is 7.92. The Labute approximate surface area is 60.6 Å². The van der Waals surface area contributed by atoms with Crippen LogP contribution in [-0.2, 0) is 0 Å². The molecule has 1 nitrogen and oxygen atoms in total. The Morgan fingerprint density at radius 3 is 2.33 bits per heavy atom. The Balaban J connectivity index is 3.20. The lowest BCUT2D eigenvalue weighted by molar-refractivity contribution is 0.478. The highest BCUT2D eigenvalue weighted by Gasteiger charge is 1.85. The third-order valence-corrected chi connectivity index (χ3v) is 3.39. The molecule has 0 rings (SSSR count).